The van der Waals surface area contributed by atoms with Gasteiger partial charge in [-0.25, -0.2) is 15.0 Å². The second kappa shape index (κ2) is 8.02. The lowest BCUT2D eigenvalue weighted by Crippen LogP contribution is -2.46. The first-order chi connectivity index (χ1) is 13.2. The molecule has 0 amide bonds. The Kier molecular flexibility index (Phi) is 5.31. The van der Waals surface area contributed by atoms with Crippen LogP contribution in [-0.2, 0) is 6.54 Å². The van der Waals surface area contributed by atoms with E-state index in [1.54, 1.807) is 17.7 Å². The molecule has 0 atom stereocenters. The molecule has 27 heavy (non-hydrogen) atoms. The zero-order chi connectivity index (χ0) is 18.6. The topological polar surface area (TPSA) is 48.4 Å². The van der Waals surface area contributed by atoms with E-state index in [0.717, 1.165) is 55.1 Å². The van der Waals surface area contributed by atoms with Crippen LogP contribution in [0.5, 0.6) is 0 Å². The maximum absolute atomic E-state index is 4.82. The summed E-state index contributed by atoms with van der Waals surface area (Å²) in [4.78, 5) is 20.4. The molecular weight excluding hydrogens is 356 g/mol. The minimum absolute atomic E-state index is 0.907. The van der Waals surface area contributed by atoms with E-state index in [-0.39, 0.29) is 0 Å². The number of piperazine rings is 1. The smallest absolute Gasteiger partial charge is 0.134 e. The number of benzene rings is 1. The van der Waals surface area contributed by atoms with Crippen molar-refractivity contribution >= 4 is 23.0 Å². The van der Waals surface area contributed by atoms with E-state index in [4.69, 9.17) is 4.98 Å². The van der Waals surface area contributed by atoms with Gasteiger partial charge in [0.15, 0.2) is 0 Å². The van der Waals surface area contributed by atoms with Crippen LogP contribution in [0.25, 0.3) is 10.6 Å². The number of hydrogen-bond donors (Lipinski definition) is 0. The Morgan fingerprint density at radius 1 is 1.04 bits per heavy atom. The van der Waals surface area contributed by atoms with Crippen LogP contribution in [0.15, 0.2) is 48.1 Å². The summed E-state index contributed by atoms with van der Waals surface area (Å²) in [6, 6.07) is 12.4. The van der Waals surface area contributed by atoms with E-state index in [9.17, 15) is 0 Å². The van der Waals surface area contributed by atoms with Crippen LogP contribution >= 0.6 is 11.3 Å². The number of thiazole rings is 1. The molecule has 3 heterocycles. The van der Waals surface area contributed by atoms with Gasteiger partial charge in [0.05, 0.1) is 5.69 Å². The largest absolute Gasteiger partial charge is 0.363 e. The molecule has 3 aromatic rings. The highest BCUT2D eigenvalue weighted by Crippen LogP contribution is 2.24. The lowest BCUT2D eigenvalue weighted by Gasteiger charge is -2.35. The third kappa shape index (κ3) is 4.26. The van der Waals surface area contributed by atoms with Crippen LogP contribution in [0.2, 0.25) is 0 Å². The van der Waals surface area contributed by atoms with E-state index in [2.05, 4.69) is 55.5 Å². The van der Waals surface area contributed by atoms with Gasteiger partial charge in [-0.1, -0.05) is 30.3 Å². The second-order valence-electron chi connectivity index (χ2n) is 6.90. The third-order valence-corrected chi connectivity index (χ3v) is 5.69. The van der Waals surface area contributed by atoms with Crippen LogP contribution in [0.1, 0.15) is 5.69 Å². The molecule has 4 rings (SSSR count). The van der Waals surface area contributed by atoms with Gasteiger partial charge in [-0.15, -0.1) is 11.3 Å². The van der Waals surface area contributed by atoms with Crippen molar-refractivity contribution in [1.29, 1.82) is 0 Å². The van der Waals surface area contributed by atoms with Crippen molar-refractivity contribution in [3.05, 3.63) is 53.8 Å². The van der Waals surface area contributed by atoms with Crippen molar-refractivity contribution in [2.75, 3.05) is 50.1 Å². The summed E-state index contributed by atoms with van der Waals surface area (Å²) in [5.41, 5.74) is 2.35. The van der Waals surface area contributed by atoms with Gasteiger partial charge in [0.25, 0.3) is 0 Å². The molecule has 6 nitrogen and oxygen atoms in total. The van der Waals surface area contributed by atoms with Crippen molar-refractivity contribution in [2.45, 2.75) is 6.54 Å². The van der Waals surface area contributed by atoms with E-state index < -0.39 is 0 Å². The van der Waals surface area contributed by atoms with Gasteiger partial charge in [-0.2, -0.15) is 0 Å². The summed E-state index contributed by atoms with van der Waals surface area (Å²) >= 11 is 1.72. The Labute approximate surface area is 164 Å². The average molecular weight is 381 g/mol. The van der Waals surface area contributed by atoms with Gasteiger partial charge in [0.2, 0.25) is 0 Å². The van der Waals surface area contributed by atoms with Crippen molar-refractivity contribution in [2.24, 2.45) is 0 Å². The Hall–Kier alpha value is -2.51. The minimum atomic E-state index is 0.907. The van der Waals surface area contributed by atoms with Crippen LogP contribution in [0, 0.1) is 0 Å². The molecule has 0 unspecified atom stereocenters. The number of aromatic nitrogens is 3. The summed E-state index contributed by atoms with van der Waals surface area (Å²) in [5.74, 6) is 1.95. The van der Waals surface area contributed by atoms with Gasteiger partial charge < -0.3 is 9.80 Å². The summed E-state index contributed by atoms with van der Waals surface area (Å²) in [5, 5.41) is 3.28. The van der Waals surface area contributed by atoms with Crippen molar-refractivity contribution in [3.8, 4) is 10.6 Å². The van der Waals surface area contributed by atoms with Crippen LogP contribution in [0.4, 0.5) is 11.6 Å². The van der Waals surface area contributed by atoms with Gasteiger partial charge in [0.1, 0.15) is 23.0 Å². The van der Waals surface area contributed by atoms with Gasteiger partial charge in [0, 0.05) is 63.8 Å². The summed E-state index contributed by atoms with van der Waals surface area (Å²) in [6.07, 6.45) is 1.65. The summed E-state index contributed by atoms with van der Waals surface area (Å²) in [6.45, 7) is 4.88. The zero-order valence-corrected chi connectivity index (χ0v) is 16.6. The normalized spacial score (nSPS) is 15.1. The van der Waals surface area contributed by atoms with Crippen molar-refractivity contribution < 1.29 is 0 Å². The predicted molar refractivity (Wildman–Crippen MR) is 111 cm³/mol. The number of anilines is 2. The highest BCUT2D eigenvalue weighted by Gasteiger charge is 2.19. The molecular formula is C20H24N6S. The fourth-order valence-corrected chi connectivity index (χ4v) is 4.03. The Morgan fingerprint density at radius 3 is 2.56 bits per heavy atom. The van der Waals surface area contributed by atoms with Crippen molar-refractivity contribution in [1.82, 2.24) is 19.9 Å². The maximum atomic E-state index is 4.82. The third-order valence-electron chi connectivity index (χ3n) is 4.75. The molecule has 140 valence electrons. The summed E-state index contributed by atoms with van der Waals surface area (Å²) in [7, 11) is 4.00. The SMILES string of the molecule is CN(C)c1cc(N2CCN(Cc3csc(-c4ccccc4)n3)CC2)ncn1. The standard InChI is InChI=1S/C20H24N6S/c1-24(2)18-12-19(22-15-21-18)26-10-8-25(9-11-26)13-17-14-27-20(23-17)16-6-4-3-5-7-16/h3-7,12,14-15H,8-11,13H2,1-2H3. The van der Waals surface area contributed by atoms with Crippen molar-refractivity contribution in [3.63, 3.8) is 0 Å². The molecule has 1 saturated heterocycles. The molecule has 7 heteroatoms. The molecule has 1 fully saturated rings. The average Bonchev–Trinajstić information content (AvgIpc) is 3.18. The van der Waals surface area contributed by atoms with E-state index >= 15 is 0 Å². The first-order valence-corrected chi connectivity index (χ1v) is 10.0. The van der Waals surface area contributed by atoms with Gasteiger partial charge >= 0.3 is 0 Å². The molecule has 1 aliphatic heterocycles. The first kappa shape index (κ1) is 17.9. The Bertz CT molecular complexity index is 871. The second-order valence-corrected chi connectivity index (χ2v) is 7.76. The number of nitrogens with zero attached hydrogens (tertiary/aromatic N) is 6. The molecule has 0 bridgehead atoms. The molecule has 1 aromatic carbocycles. The zero-order valence-electron chi connectivity index (χ0n) is 15.7. The predicted octanol–water partition coefficient (Wildman–Crippen LogP) is 2.99. The number of hydrogen-bond acceptors (Lipinski definition) is 7. The lowest BCUT2D eigenvalue weighted by atomic mass is 10.2. The molecule has 0 N–H and O–H groups in total. The van der Waals surface area contributed by atoms with E-state index in [1.807, 2.05) is 25.1 Å². The fraction of sp³-hybridized carbons (Fsp3) is 0.350. The highest BCUT2D eigenvalue weighted by atomic mass is 32.1. The molecule has 0 aliphatic carbocycles. The molecule has 0 saturated carbocycles. The molecule has 1 aliphatic rings. The number of rotatable bonds is 5. The van der Waals surface area contributed by atoms with Crippen LogP contribution < -0.4 is 9.80 Å². The Balaban J connectivity index is 1.35. The van der Waals surface area contributed by atoms with Crippen LogP contribution in [-0.4, -0.2) is 60.1 Å². The lowest BCUT2D eigenvalue weighted by molar-refractivity contribution is 0.247. The first-order valence-electron chi connectivity index (χ1n) is 9.15. The summed E-state index contributed by atoms with van der Waals surface area (Å²) < 4.78 is 0. The van der Waals surface area contributed by atoms with Gasteiger partial charge in [-0.3, -0.25) is 4.90 Å². The van der Waals surface area contributed by atoms with E-state index in [1.165, 1.54) is 5.56 Å². The minimum Gasteiger partial charge on any atom is -0.363 e. The monoisotopic (exact) mass is 380 g/mol. The highest BCUT2D eigenvalue weighted by molar-refractivity contribution is 7.13. The van der Waals surface area contributed by atoms with E-state index in [0.29, 0.717) is 0 Å². The maximum Gasteiger partial charge on any atom is 0.134 e. The molecule has 2 aromatic heterocycles. The molecule has 0 radical (unpaired) electrons. The van der Waals surface area contributed by atoms with Gasteiger partial charge in [-0.05, 0) is 0 Å². The van der Waals surface area contributed by atoms with Crippen LogP contribution in [0.3, 0.4) is 0 Å². The Morgan fingerprint density at radius 2 is 1.81 bits per heavy atom. The quantitative estimate of drug-likeness (QED) is 0.678. The fourth-order valence-electron chi connectivity index (χ4n) is 3.21. The molecule has 0 spiro atoms.